The molecule has 4 nitrogen and oxygen atoms in total. The lowest BCUT2D eigenvalue weighted by Crippen LogP contribution is -2.31. The van der Waals surface area contributed by atoms with Crippen molar-refractivity contribution in [1.82, 2.24) is 4.57 Å². The fourth-order valence-corrected chi connectivity index (χ4v) is 3.41. The highest BCUT2D eigenvalue weighted by atomic mass is 32.1. The van der Waals surface area contributed by atoms with Gasteiger partial charge in [-0.05, 0) is 17.5 Å². The van der Waals surface area contributed by atoms with E-state index in [4.69, 9.17) is 10.5 Å². The van der Waals surface area contributed by atoms with Crippen LogP contribution < -0.4 is 14.8 Å². The zero-order valence-electron chi connectivity index (χ0n) is 10.4. The van der Waals surface area contributed by atoms with Gasteiger partial charge in [0.05, 0.1) is 4.53 Å². The number of thiazole rings is 1. The zero-order chi connectivity index (χ0) is 14.5. The SMILES string of the molecule is C=CCn1c(=C(C#N)C#N)s/c(=C/c2cccs2)c1=O. The van der Waals surface area contributed by atoms with Crippen LogP contribution in [0.2, 0.25) is 0 Å². The van der Waals surface area contributed by atoms with Gasteiger partial charge in [-0.2, -0.15) is 10.5 Å². The first-order valence-electron chi connectivity index (χ1n) is 5.61. The summed E-state index contributed by atoms with van der Waals surface area (Å²) < 4.78 is 2.29. The summed E-state index contributed by atoms with van der Waals surface area (Å²) in [5.41, 5.74) is -0.263. The smallest absolute Gasteiger partial charge is 0.269 e. The summed E-state index contributed by atoms with van der Waals surface area (Å²) in [6, 6.07) is 7.46. The van der Waals surface area contributed by atoms with Crippen molar-refractivity contribution < 1.29 is 0 Å². The van der Waals surface area contributed by atoms with Gasteiger partial charge in [0.1, 0.15) is 16.8 Å². The molecule has 6 heteroatoms. The van der Waals surface area contributed by atoms with Crippen molar-refractivity contribution in [3.05, 3.63) is 54.6 Å². The van der Waals surface area contributed by atoms with Gasteiger partial charge in [0.25, 0.3) is 5.56 Å². The highest BCUT2D eigenvalue weighted by Crippen LogP contribution is 2.08. The number of hydrogen-bond donors (Lipinski definition) is 0. The third-order valence-electron chi connectivity index (χ3n) is 2.47. The van der Waals surface area contributed by atoms with Crippen molar-refractivity contribution in [2.24, 2.45) is 0 Å². The molecule has 2 heterocycles. The largest absolute Gasteiger partial charge is 0.293 e. The third-order valence-corrected chi connectivity index (χ3v) is 4.42. The molecular formula is C14H9N3OS2. The van der Waals surface area contributed by atoms with E-state index < -0.39 is 0 Å². The van der Waals surface area contributed by atoms with Crippen LogP contribution in [0.1, 0.15) is 4.88 Å². The van der Waals surface area contributed by atoms with E-state index in [9.17, 15) is 4.79 Å². The molecule has 2 aromatic rings. The minimum absolute atomic E-state index is 0.0558. The first-order chi connectivity index (χ1) is 9.71. The maximum Gasteiger partial charge on any atom is 0.269 e. The third kappa shape index (κ3) is 2.62. The molecule has 0 fully saturated rings. The van der Waals surface area contributed by atoms with Crippen molar-refractivity contribution in [2.75, 3.05) is 0 Å². The number of thiophene rings is 1. The Hall–Kier alpha value is -2.41. The van der Waals surface area contributed by atoms with Gasteiger partial charge in [-0.15, -0.1) is 29.3 Å². The maximum absolute atomic E-state index is 12.3. The van der Waals surface area contributed by atoms with Gasteiger partial charge < -0.3 is 0 Å². The highest BCUT2D eigenvalue weighted by molar-refractivity contribution is 7.11. The van der Waals surface area contributed by atoms with E-state index in [0.717, 1.165) is 16.2 Å². The van der Waals surface area contributed by atoms with Gasteiger partial charge in [-0.1, -0.05) is 12.1 Å². The maximum atomic E-state index is 12.3. The van der Waals surface area contributed by atoms with Crippen LogP contribution in [0.15, 0.2) is 35.0 Å². The van der Waals surface area contributed by atoms with E-state index in [1.807, 2.05) is 29.7 Å². The number of nitrogens with zero attached hydrogens (tertiary/aromatic N) is 3. The molecular weight excluding hydrogens is 290 g/mol. The molecule has 0 aliphatic rings. The Morgan fingerprint density at radius 3 is 2.75 bits per heavy atom. The predicted molar refractivity (Wildman–Crippen MR) is 80.5 cm³/mol. The van der Waals surface area contributed by atoms with Gasteiger partial charge >= 0.3 is 0 Å². The lowest BCUT2D eigenvalue weighted by Gasteiger charge is -1.94. The molecule has 0 bridgehead atoms. The van der Waals surface area contributed by atoms with Crippen LogP contribution >= 0.6 is 22.7 Å². The zero-order valence-corrected chi connectivity index (χ0v) is 12.0. The van der Waals surface area contributed by atoms with E-state index in [1.54, 1.807) is 12.2 Å². The highest BCUT2D eigenvalue weighted by Gasteiger charge is 2.08. The second-order valence-electron chi connectivity index (χ2n) is 3.73. The summed E-state index contributed by atoms with van der Waals surface area (Å²) in [6.07, 6.45) is 3.34. The molecule has 0 unspecified atom stereocenters. The average molecular weight is 299 g/mol. The normalized spacial score (nSPS) is 10.8. The lowest BCUT2D eigenvalue weighted by molar-refractivity contribution is 0.775. The minimum atomic E-state index is -0.207. The number of hydrogen-bond acceptors (Lipinski definition) is 5. The molecule has 98 valence electrons. The van der Waals surface area contributed by atoms with Crippen LogP contribution in [0, 0.1) is 22.7 Å². The molecule has 0 saturated carbocycles. The number of allylic oxidation sites excluding steroid dienone is 1. The predicted octanol–water partition coefficient (Wildman–Crippen LogP) is 1.18. The van der Waals surface area contributed by atoms with Crippen molar-refractivity contribution in [1.29, 1.82) is 10.5 Å². The summed E-state index contributed by atoms with van der Waals surface area (Å²) >= 11 is 2.67. The second kappa shape index (κ2) is 6.16. The van der Waals surface area contributed by atoms with E-state index in [2.05, 4.69) is 6.58 Å². The average Bonchev–Trinajstić information content (AvgIpc) is 3.05. The topological polar surface area (TPSA) is 69.6 Å². The second-order valence-corrected chi connectivity index (χ2v) is 5.74. The summed E-state index contributed by atoms with van der Waals surface area (Å²) in [4.78, 5) is 13.3. The molecule has 0 atom stereocenters. The number of nitriles is 2. The Balaban J connectivity index is 2.84. The lowest BCUT2D eigenvalue weighted by atomic mass is 10.3. The van der Waals surface area contributed by atoms with Gasteiger partial charge in [0, 0.05) is 11.4 Å². The molecule has 0 amide bonds. The van der Waals surface area contributed by atoms with Gasteiger partial charge in [-0.25, -0.2) is 0 Å². The van der Waals surface area contributed by atoms with Crippen molar-refractivity contribution in [3.8, 4) is 12.1 Å². The van der Waals surface area contributed by atoms with E-state index in [0.29, 0.717) is 9.20 Å². The fourth-order valence-electron chi connectivity index (χ4n) is 1.62. The van der Waals surface area contributed by atoms with Crippen LogP contribution in [-0.4, -0.2) is 4.57 Å². The Labute approximate surface area is 123 Å². The molecule has 0 radical (unpaired) electrons. The van der Waals surface area contributed by atoms with Gasteiger partial charge in [0.2, 0.25) is 0 Å². The van der Waals surface area contributed by atoms with E-state index >= 15 is 0 Å². The van der Waals surface area contributed by atoms with Gasteiger partial charge in [0.15, 0.2) is 5.57 Å². The molecule has 0 aromatic carbocycles. The summed E-state index contributed by atoms with van der Waals surface area (Å²) in [5.74, 6) is 0. The molecule has 0 aliphatic heterocycles. The van der Waals surface area contributed by atoms with Crippen LogP contribution in [0.5, 0.6) is 0 Å². The van der Waals surface area contributed by atoms with Crippen LogP contribution in [-0.2, 0) is 6.54 Å². The first-order valence-corrected chi connectivity index (χ1v) is 7.31. The Morgan fingerprint density at radius 2 is 2.20 bits per heavy atom. The Kier molecular flexibility index (Phi) is 4.31. The Morgan fingerprint density at radius 1 is 1.45 bits per heavy atom. The van der Waals surface area contributed by atoms with Crippen LogP contribution in [0.4, 0.5) is 0 Å². The van der Waals surface area contributed by atoms with Crippen molar-refractivity contribution in [3.63, 3.8) is 0 Å². The van der Waals surface area contributed by atoms with Crippen LogP contribution in [0.3, 0.4) is 0 Å². The Bertz CT molecular complexity index is 870. The molecule has 0 aliphatic carbocycles. The monoisotopic (exact) mass is 299 g/mol. The fraction of sp³-hybridized carbons (Fsp3) is 0.0714. The summed E-state index contributed by atoms with van der Waals surface area (Å²) in [5, 5.41) is 19.9. The molecule has 2 rings (SSSR count). The van der Waals surface area contributed by atoms with Crippen molar-refractivity contribution in [2.45, 2.75) is 6.54 Å². The molecule has 0 spiro atoms. The summed E-state index contributed by atoms with van der Waals surface area (Å²) in [6.45, 7) is 3.87. The quantitative estimate of drug-likeness (QED) is 0.799. The molecule has 2 aromatic heterocycles. The minimum Gasteiger partial charge on any atom is -0.293 e. The standard InChI is InChI=1S/C14H9N3OS2/c1-2-5-17-13(18)12(7-11-4-3-6-19-11)20-14(17)10(8-15)9-16/h2-4,6-7H,1,5H2/b12-7+. The number of aromatic nitrogens is 1. The molecule has 20 heavy (non-hydrogen) atoms. The molecule has 0 N–H and O–H groups in total. The van der Waals surface area contributed by atoms with Crippen molar-refractivity contribution >= 4 is 34.3 Å². The van der Waals surface area contributed by atoms with E-state index in [1.165, 1.54) is 15.9 Å². The van der Waals surface area contributed by atoms with Gasteiger partial charge in [-0.3, -0.25) is 9.36 Å². The molecule has 0 saturated heterocycles. The first kappa shape index (κ1) is 14.0. The summed E-state index contributed by atoms with van der Waals surface area (Å²) in [7, 11) is 0. The van der Waals surface area contributed by atoms with Crippen LogP contribution in [0.25, 0.3) is 11.6 Å². The van der Waals surface area contributed by atoms with E-state index in [-0.39, 0.29) is 17.7 Å². The number of rotatable bonds is 3.